The van der Waals surface area contributed by atoms with Crippen LogP contribution in [0.15, 0.2) is 0 Å². The summed E-state index contributed by atoms with van der Waals surface area (Å²) in [6, 6.07) is 0. The summed E-state index contributed by atoms with van der Waals surface area (Å²) in [5.74, 6) is 0. The van der Waals surface area contributed by atoms with E-state index in [-0.39, 0.29) is 34.1 Å². The zero-order valence-corrected chi connectivity index (χ0v) is 11.3. The SMILES string of the molecule is O=[N+]([O-])[O-].O=[N+]([O-])[O-].O=[N+]([O-])[O-].O=[N+]([O-])[O-].O=[N+]([O-])[O-].[Fe+2].[Fe+3]. The number of nitrogens with zero attached hydrogens (tertiary/aromatic N) is 5. The van der Waals surface area contributed by atoms with Crippen LogP contribution in [-0.4, -0.2) is 25.4 Å². The summed E-state index contributed by atoms with van der Waals surface area (Å²) in [4.78, 5) is 41.2. The van der Waals surface area contributed by atoms with Gasteiger partial charge in [-0.2, -0.15) is 0 Å². The second-order valence-corrected chi connectivity index (χ2v) is 1.12. The first-order valence-corrected chi connectivity index (χ1v) is 2.74. The van der Waals surface area contributed by atoms with Gasteiger partial charge in [-0.15, -0.1) is 0 Å². The fraction of sp³-hybridized carbons (Fsp3) is 0. The van der Waals surface area contributed by atoms with Crippen LogP contribution in [0.3, 0.4) is 0 Å². The third-order valence-corrected chi connectivity index (χ3v) is 0. The summed E-state index contributed by atoms with van der Waals surface area (Å²) < 4.78 is 0. The second-order valence-electron chi connectivity index (χ2n) is 1.12. The molecule has 0 fully saturated rings. The normalized spacial score (nSPS) is 5.45. The molecule has 0 N–H and O–H groups in total. The second kappa shape index (κ2) is 36.1. The smallest absolute Gasteiger partial charge is 0.356 e. The van der Waals surface area contributed by atoms with Crippen molar-refractivity contribution in [3.8, 4) is 0 Å². The zero-order chi connectivity index (χ0) is 17.9. The van der Waals surface area contributed by atoms with Crippen LogP contribution >= 0.6 is 0 Å². The van der Waals surface area contributed by atoms with Gasteiger partial charge >= 0.3 is 34.1 Å². The van der Waals surface area contributed by atoms with Crippen molar-refractivity contribution in [2.24, 2.45) is 0 Å². The molecule has 0 atom stereocenters. The molecule has 0 rings (SSSR count). The first kappa shape index (κ1) is 42.7. The first-order valence-electron chi connectivity index (χ1n) is 2.74. The largest absolute Gasteiger partial charge is 3.00 e. The molecule has 0 amide bonds. The summed E-state index contributed by atoms with van der Waals surface area (Å²) in [7, 11) is 0. The molecule has 22 heavy (non-hydrogen) atoms. The third-order valence-electron chi connectivity index (χ3n) is 0. The van der Waals surface area contributed by atoms with Crippen molar-refractivity contribution in [2.45, 2.75) is 0 Å². The predicted molar refractivity (Wildman–Crippen MR) is 51.8 cm³/mol. The molecule has 0 aromatic rings. The van der Waals surface area contributed by atoms with Crippen molar-refractivity contribution >= 4 is 0 Å². The van der Waals surface area contributed by atoms with Gasteiger partial charge in [-0.25, -0.2) is 0 Å². The molecule has 0 heterocycles. The van der Waals surface area contributed by atoms with Crippen molar-refractivity contribution in [1.82, 2.24) is 0 Å². The van der Waals surface area contributed by atoms with Gasteiger partial charge in [0.2, 0.25) is 0 Å². The Hall–Kier alpha value is -2.96. The van der Waals surface area contributed by atoms with Crippen molar-refractivity contribution in [3.05, 3.63) is 76.6 Å². The van der Waals surface area contributed by atoms with Crippen LogP contribution in [0.5, 0.6) is 0 Å². The Bertz CT molecular complexity index is 211. The third kappa shape index (κ3) is 500. The van der Waals surface area contributed by atoms with E-state index in [1.165, 1.54) is 0 Å². The van der Waals surface area contributed by atoms with Crippen molar-refractivity contribution in [3.63, 3.8) is 0 Å². The molecule has 0 aliphatic heterocycles. The molecule has 0 aliphatic rings. The first-order chi connectivity index (χ1) is 8.66. The van der Waals surface area contributed by atoms with Gasteiger partial charge < -0.3 is 76.6 Å². The number of hydrogen-bond acceptors (Lipinski definition) is 15. The maximum absolute atomic E-state index is 8.25. The van der Waals surface area contributed by atoms with Gasteiger partial charge in [-0.3, -0.25) is 0 Å². The molecule has 0 bridgehead atoms. The molecule has 0 aliphatic carbocycles. The Balaban J connectivity index is -0.0000000250. The molecule has 0 saturated carbocycles. The van der Waals surface area contributed by atoms with E-state index in [0.717, 1.165) is 0 Å². The van der Waals surface area contributed by atoms with Gasteiger partial charge in [0.1, 0.15) is 0 Å². The van der Waals surface area contributed by atoms with E-state index in [4.69, 9.17) is 76.6 Å². The van der Waals surface area contributed by atoms with Crippen LogP contribution in [0.25, 0.3) is 0 Å². The number of hydrogen-bond donors (Lipinski definition) is 0. The average molecular weight is 422 g/mol. The minimum absolute atomic E-state index is 0. The Morgan fingerprint density at radius 3 is 0.364 bits per heavy atom. The molecule has 22 heteroatoms. The van der Waals surface area contributed by atoms with Crippen LogP contribution < -0.4 is 0 Å². The zero-order valence-electron chi connectivity index (χ0n) is 9.07. The van der Waals surface area contributed by atoms with Crippen LogP contribution in [0, 0.1) is 76.6 Å². The summed E-state index contributed by atoms with van der Waals surface area (Å²) >= 11 is 0. The van der Waals surface area contributed by atoms with Gasteiger partial charge in [0, 0.05) is 0 Å². The quantitative estimate of drug-likeness (QED) is 0.251. The van der Waals surface area contributed by atoms with Crippen molar-refractivity contribution in [1.29, 1.82) is 0 Å². The molecule has 0 unspecified atom stereocenters. The Kier molecular flexibility index (Phi) is 70.2. The molecule has 0 aromatic carbocycles. The van der Waals surface area contributed by atoms with Gasteiger partial charge in [0.05, 0.1) is 25.4 Å². The van der Waals surface area contributed by atoms with E-state index in [0.29, 0.717) is 0 Å². The summed E-state index contributed by atoms with van der Waals surface area (Å²) in [6.45, 7) is 0. The van der Waals surface area contributed by atoms with E-state index in [1.54, 1.807) is 0 Å². The maximum Gasteiger partial charge on any atom is 3.00 e. The molecule has 20 nitrogen and oxygen atoms in total. The van der Waals surface area contributed by atoms with Gasteiger partial charge in [0.15, 0.2) is 0 Å². The molecule has 0 aromatic heterocycles. The van der Waals surface area contributed by atoms with Crippen molar-refractivity contribution < 1.29 is 59.6 Å². The van der Waals surface area contributed by atoms with E-state index < -0.39 is 25.4 Å². The molecular formula is Fe2N5O15. The maximum atomic E-state index is 8.25. The Labute approximate surface area is 137 Å². The fourth-order valence-electron chi connectivity index (χ4n) is 0. The molecule has 0 spiro atoms. The van der Waals surface area contributed by atoms with Crippen LogP contribution in [0.1, 0.15) is 0 Å². The standard InChI is InChI=1S/2Fe.5NO3/c;;5*2-1(3)4/q+2;+3;5*-1. The van der Waals surface area contributed by atoms with Crippen molar-refractivity contribution in [2.75, 3.05) is 0 Å². The minimum atomic E-state index is -1.75. The summed E-state index contributed by atoms with van der Waals surface area (Å²) in [5, 5.41) is 73.8. The average Bonchev–Trinajstić information content (AvgIpc) is 1.94. The van der Waals surface area contributed by atoms with Gasteiger partial charge in [-0.1, -0.05) is 0 Å². The predicted octanol–water partition coefficient (Wildman–Crippen LogP) is -1.20. The topological polar surface area (TPSA) is 331 Å². The number of rotatable bonds is 0. The molecule has 131 valence electrons. The van der Waals surface area contributed by atoms with E-state index in [2.05, 4.69) is 0 Å². The van der Waals surface area contributed by atoms with E-state index in [9.17, 15) is 0 Å². The van der Waals surface area contributed by atoms with Crippen LogP contribution in [-0.2, 0) is 34.1 Å². The molecular weight excluding hydrogens is 422 g/mol. The van der Waals surface area contributed by atoms with Gasteiger partial charge in [0.25, 0.3) is 0 Å². The summed E-state index contributed by atoms with van der Waals surface area (Å²) in [5.41, 5.74) is 0. The summed E-state index contributed by atoms with van der Waals surface area (Å²) in [6.07, 6.45) is 0. The van der Waals surface area contributed by atoms with Crippen LogP contribution in [0.2, 0.25) is 0 Å². The van der Waals surface area contributed by atoms with E-state index >= 15 is 0 Å². The van der Waals surface area contributed by atoms with E-state index in [1.807, 2.05) is 0 Å². The Morgan fingerprint density at radius 1 is 0.364 bits per heavy atom. The van der Waals surface area contributed by atoms with Crippen LogP contribution in [0.4, 0.5) is 0 Å². The van der Waals surface area contributed by atoms with Gasteiger partial charge in [-0.05, 0) is 0 Å². The fourth-order valence-corrected chi connectivity index (χ4v) is 0. The minimum Gasteiger partial charge on any atom is -0.356 e. The Morgan fingerprint density at radius 2 is 0.364 bits per heavy atom. The monoisotopic (exact) mass is 422 g/mol. The molecule has 0 saturated heterocycles. The molecule has 1 radical (unpaired) electrons.